The Bertz CT molecular complexity index is 597. The van der Waals surface area contributed by atoms with Crippen LogP contribution in [0.2, 0.25) is 0 Å². The van der Waals surface area contributed by atoms with Gasteiger partial charge in [-0.05, 0) is 53.4 Å². The highest BCUT2D eigenvalue weighted by Gasteiger charge is 2.25. The van der Waals surface area contributed by atoms with Crippen LogP contribution in [0.15, 0.2) is 26.6 Å². The molecule has 0 spiro atoms. The van der Waals surface area contributed by atoms with Crippen molar-refractivity contribution in [3.05, 3.63) is 43.9 Å². The standard InChI is InChI=1S/C14H14BrNO2S/c1-8-7-12(19-13(8)15)14(17)16-10-3-2-4-11-9(10)5-6-18-11/h5-7,10H,2-4H2,1H3,(H,16,17). The fraction of sp³-hybridized carbons (Fsp3) is 0.357. The Morgan fingerprint density at radius 2 is 2.42 bits per heavy atom. The van der Waals surface area contributed by atoms with Crippen molar-refractivity contribution in [1.29, 1.82) is 0 Å². The first kappa shape index (κ1) is 12.9. The molecule has 0 radical (unpaired) electrons. The average molecular weight is 340 g/mol. The minimum absolute atomic E-state index is 0.00199. The number of rotatable bonds is 2. The normalized spacial score (nSPS) is 18.1. The molecule has 100 valence electrons. The summed E-state index contributed by atoms with van der Waals surface area (Å²) in [6, 6.07) is 3.97. The fourth-order valence-electron chi connectivity index (χ4n) is 2.44. The first-order valence-corrected chi connectivity index (χ1v) is 7.89. The monoisotopic (exact) mass is 339 g/mol. The molecule has 0 fully saturated rings. The van der Waals surface area contributed by atoms with Gasteiger partial charge < -0.3 is 9.73 Å². The molecule has 1 aliphatic carbocycles. The third-order valence-electron chi connectivity index (χ3n) is 3.44. The number of carbonyl (C=O) groups excluding carboxylic acids is 1. The molecule has 19 heavy (non-hydrogen) atoms. The first-order chi connectivity index (χ1) is 9.15. The molecule has 1 amide bonds. The van der Waals surface area contributed by atoms with E-state index in [0.717, 1.165) is 44.8 Å². The van der Waals surface area contributed by atoms with Gasteiger partial charge in [0.15, 0.2) is 0 Å². The second kappa shape index (κ2) is 5.13. The Balaban J connectivity index is 1.78. The quantitative estimate of drug-likeness (QED) is 0.889. The summed E-state index contributed by atoms with van der Waals surface area (Å²) in [5.74, 6) is 1.01. The maximum Gasteiger partial charge on any atom is 0.261 e. The van der Waals surface area contributed by atoms with Gasteiger partial charge in [-0.15, -0.1) is 11.3 Å². The van der Waals surface area contributed by atoms with Crippen LogP contribution in [0.5, 0.6) is 0 Å². The summed E-state index contributed by atoms with van der Waals surface area (Å²) in [5.41, 5.74) is 2.23. The van der Waals surface area contributed by atoms with Gasteiger partial charge in [0.25, 0.3) is 5.91 Å². The lowest BCUT2D eigenvalue weighted by Gasteiger charge is -2.22. The lowest BCUT2D eigenvalue weighted by atomic mass is 9.93. The molecule has 2 heterocycles. The van der Waals surface area contributed by atoms with E-state index in [-0.39, 0.29) is 11.9 Å². The topological polar surface area (TPSA) is 42.2 Å². The van der Waals surface area contributed by atoms with Gasteiger partial charge in [0.05, 0.1) is 21.0 Å². The smallest absolute Gasteiger partial charge is 0.261 e. The van der Waals surface area contributed by atoms with Crippen molar-refractivity contribution in [2.24, 2.45) is 0 Å². The van der Waals surface area contributed by atoms with Gasteiger partial charge in [0, 0.05) is 12.0 Å². The van der Waals surface area contributed by atoms with E-state index in [9.17, 15) is 4.79 Å². The summed E-state index contributed by atoms with van der Waals surface area (Å²) < 4.78 is 6.46. The lowest BCUT2D eigenvalue weighted by molar-refractivity contribution is 0.0936. The van der Waals surface area contributed by atoms with Crippen molar-refractivity contribution in [2.75, 3.05) is 0 Å². The molecule has 1 atom stereocenters. The molecule has 0 aromatic carbocycles. The Kier molecular flexibility index (Phi) is 3.50. The van der Waals surface area contributed by atoms with Gasteiger partial charge in [-0.1, -0.05) is 0 Å². The number of aryl methyl sites for hydroxylation is 2. The summed E-state index contributed by atoms with van der Waals surface area (Å²) in [5, 5.41) is 3.11. The van der Waals surface area contributed by atoms with E-state index in [4.69, 9.17) is 4.42 Å². The third kappa shape index (κ3) is 2.49. The predicted molar refractivity (Wildman–Crippen MR) is 78.6 cm³/mol. The number of thiophene rings is 1. The summed E-state index contributed by atoms with van der Waals surface area (Å²) in [7, 11) is 0. The molecular formula is C14H14BrNO2S. The van der Waals surface area contributed by atoms with Gasteiger partial charge in [0.2, 0.25) is 0 Å². The summed E-state index contributed by atoms with van der Waals surface area (Å²) >= 11 is 4.93. The first-order valence-electron chi connectivity index (χ1n) is 6.28. The molecule has 1 N–H and O–H groups in total. The number of amides is 1. The molecular weight excluding hydrogens is 326 g/mol. The van der Waals surface area contributed by atoms with Gasteiger partial charge in [-0.3, -0.25) is 4.79 Å². The zero-order valence-electron chi connectivity index (χ0n) is 10.5. The maximum absolute atomic E-state index is 12.3. The van der Waals surface area contributed by atoms with E-state index in [1.54, 1.807) is 6.26 Å². The number of nitrogens with one attached hydrogen (secondary N) is 1. The molecule has 3 rings (SSSR count). The van der Waals surface area contributed by atoms with Crippen LogP contribution in [-0.2, 0) is 6.42 Å². The van der Waals surface area contributed by atoms with Crippen molar-refractivity contribution < 1.29 is 9.21 Å². The number of hydrogen-bond acceptors (Lipinski definition) is 3. The van der Waals surface area contributed by atoms with Crippen molar-refractivity contribution in [2.45, 2.75) is 32.2 Å². The Hall–Kier alpha value is -1.07. The summed E-state index contributed by atoms with van der Waals surface area (Å²) in [6.45, 7) is 1.99. The van der Waals surface area contributed by atoms with Crippen molar-refractivity contribution >= 4 is 33.2 Å². The highest BCUT2D eigenvalue weighted by molar-refractivity contribution is 9.11. The predicted octanol–water partition coefficient (Wildman–Crippen LogP) is 4.22. The van der Waals surface area contributed by atoms with E-state index < -0.39 is 0 Å². The fourth-order valence-corrected chi connectivity index (χ4v) is 3.88. The lowest BCUT2D eigenvalue weighted by Crippen LogP contribution is -2.29. The zero-order valence-corrected chi connectivity index (χ0v) is 12.9. The highest BCUT2D eigenvalue weighted by Crippen LogP contribution is 2.32. The molecule has 0 saturated heterocycles. The Labute approximate surface area is 124 Å². The van der Waals surface area contributed by atoms with E-state index in [1.165, 1.54) is 11.3 Å². The Morgan fingerprint density at radius 3 is 3.16 bits per heavy atom. The van der Waals surface area contributed by atoms with Crippen molar-refractivity contribution in [1.82, 2.24) is 5.32 Å². The minimum atomic E-state index is -0.00199. The number of halogens is 1. The molecule has 3 nitrogen and oxygen atoms in total. The number of hydrogen-bond donors (Lipinski definition) is 1. The van der Waals surface area contributed by atoms with Crippen LogP contribution < -0.4 is 5.32 Å². The SMILES string of the molecule is Cc1cc(C(=O)NC2CCCc3occc32)sc1Br. The largest absolute Gasteiger partial charge is 0.469 e. The van der Waals surface area contributed by atoms with Gasteiger partial charge in [-0.25, -0.2) is 0 Å². The van der Waals surface area contributed by atoms with Crippen LogP contribution in [0.25, 0.3) is 0 Å². The second-order valence-corrected chi connectivity index (χ2v) is 7.15. The van der Waals surface area contributed by atoms with Crippen molar-refractivity contribution in [3.8, 4) is 0 Å². The molecule has 0 aliphatic heterocycles. The van der Waals surface area contributed by atoms with Crippen LogP contribution in [0.3, 0.4) is 0 Å². The number of fused-ring (bicyclic) bond motifs is 1. The maximum atomic E-state index is 12.3. The third-order valence-corrected chi connectivity index (χ3v) is 5.57. The average Bonchev–Trinajstić information content (AvgIpc) is 2.98. The molecule has 1 unspecified atom stereocenters. The van der Waals surface area contributed by atoms with Crippen LogP contribution in [-0.4, -0.2) is 5.91 Å². The molecule has 0 saturated carbocycles. The van der Waals surface area contributed by atoms with Gasteiger partial charge in [-0.2, -0.15) is 0 Å². The number of furan rings is 1. The minimum Gasteiger partial charge on any atom is -0.469 e. The molecule has 0 bridgehead atoms. The van der Waals surface area contributed by atoms with E-state index >= 15 is 0 Å². The molecule has 2 aromatic rings. The van der Waals surface area contributed by atoms with Crippen LogP contribution in [0, 0.1) is 6.92 Å². The number of carbonyl (C=O) groups is 1. The highest BCUT2D eigenvalue weighted by atomic mass is 79.9. The molecule has 1 aliphatic rings. The van der Waals surface area contributed by atoms with Crippen LogP contribution in [0.1, 0.15) is 45.4 Å². The van der Waals surface area contributed by atoms with Crippen molar-refractivity contribution in [3.63, 3.8) is 0 Å². The van der Waals surface area contributed by atoms with E-state index in [2.05, 4.69) is 21.2 Å². The summed E-state index contributed by atoms with van der Waals surface area (Å²) in [6.07, 6.45) is 4.71. The molecule has 2 aromatic heterocycles. The van der Waals surface area contributed by atoms with Gasteiger partial charge in [0.1, 0.15) is 5.76 Å². The van der Waals surface area contributed by atoms with E-state index in [1.807, 2.05) is 19.1 Å². The van der Waals surface area contributed by atoms with E-state index in [0.29, 0.717) is 0 Å². The molecule has 5 heteroatoms. The second-order valence-electron chi connectivity index (χ2n) is 4.78. The Morgan fingerprint density at radius 1 is 1.58 bits per heavy atom. The zero-order chi connectivity index (χ0) is 13.4. The summed E-state index contributed by atoms with van der Waals surface area (Å²) in [4.78, 5) is 13.0. The van der Waals surface area contributed by atoms with Crippen LogP contribution in [0.4, 0.5) is 0 Å². The van der Waals surface area contributed by atoms with Gasteiger partial charge >= 0.3 is 0 Å². The van der Waals surface area contributed by atoms with Crippen LogP contribution >= 0.6 is 27.3 Å².